The molecule has 148 valence electrons. The number of likely N-dealkylation sites (N-methyl/N-ethyl adjacent to an activating group) is 1. The molecule has 0 saturated carbocycles. The molecule has 0 unspecified atom stereocenters. The van der Waals surface area contributed by atoms with E-state index in [1.54, 1.807) is 4.90 Å². The van der Waals surface area contributed by atoms with Gasteiger partial charge in [-0.15, -0.1) is 0 Å². The molecule has 3 amide bonds. The van der Waals surface area contributed by atoms with E-state index < -0.39 is 17.7 Å². The molecule has 2 saturated heterocycles. The highest BCUT2D eigenvalue weighted by molar-refractivity contribution is 5.89. The number of hydrogen-bond acceptors (Lipinski definition) is 3. The molecule has 1 aromatic rings. The summed E-state index contributed by atoms with van der Waals surface area (Å²) in [6.07, 6.45) is 2.02. The molecule has 2 heterocycles. The minimum absolute atomic E-state index is 0.0335. The first-order valence-corrected chi connectivity index (χ1v) is 9.39. The molecular weight excluding hydrogens is 354 g/mol. The van der Waals surface area contributed by atoms with E-state index >= 15 is 0 Å². The third-order valence-electron chi connectivity index (χ3n) is 5.39. The molecule has 1 N–H and O–H groups in total. The number of carbonyl (C=O) groups is 2. The van der Waals surface area contributed by atoms with Crippen molar-refractivity contribution in [3.8, 4) is 0 Å². The summed E-state index contributed by atoms with van der Waals surface area (Å²) >= 11 is 0. The molecule has 0 bridgehead atoms. The topological polar surface area (TPSA) is 55.9 Å². The second-order valence-corrected chi connectivity index (χ2v) is 7.37. The van der Waals surface area contributed by atoms with Crippen LogP contribution in [0, 0.1) is 17.6 Å². The molecule has 0 radical (unpaired) electrons. The Morgan fingerprint density at radius 1 is 1.04 bits per heavy atom. The number of urea groups is 1. The number of piperazine rings is 1. The zero-order valence-electron chi connectivity index (χ0n) is 15.6. The van der Waals surface area contributed by atoms with Crippen molar-refractivity contribution in [3.05, 3.63) is 29.8 Å². The van der Waals surface area contributed by atoms with Gasteiger partial charge in [0.15, 0.2) is 0 Å². The second kappa shape index (κ2) is 8.65. The number of carbonyl (C=O) groups excluding carboxylic acids is 2. The van der Waals surface area contributed by atoms with Crippen LogP contribution >= 0.6 is 0 Å². The lowest BCUT2D eigenvalue weighted by atomic mass is 9.93. The van der Waals surface area contributed by atoms with Gasteiger partial charge in [-0.2, -0.15) is 0 Å². The van der Waals surface area contributed by atoms with Gasteiger partial charge in [0.1, 0.15) is 11.6 Å². The number of anilines is 1. The summed E-state index contributed by atoms with van der Waals surface area (Å²) in [6, 6.07) is 2.66. The van der Waals surface area contributed by atoms with Crippen molar-refractivity contribution in [2.45, 2.75) is 19.3 Å². The molecule has 0 aromatic heterocycles. The van der Waals surface area contributed by atoms with E-state index in [0.29, 0.717) is 19.5 Å². The van der Waals surface area contributed by atoms with Crippen LogP contribution in [0.15, 0.2) is 18.2 Å². The highest BCUT2D eigenvalue weighted by atomic mass is 19.1. The molecular formula is C19H26F2N4O2. The maximum atomic E-state index is 13.7. The summed E-state index contributed by atoms with van der Waals surface area (Å²) in [5.41, 5.74) is -0.0335. The largest absolute Gasteiger partial charge is 0.340 e. The number of nitrogens with one attached hydrogen (secondary N) is 1. The van der Waals surface area contributed by atoms with Crippen LogP contribution in [-0.2, 0) is 4.79 Å². The molecule has 3 rings (SSSR count). The number of hydrogen-bond donors (Lipinski definition) is 1. The standard InChI is InChI=1S/C19H26F2N4O2/c1-23-8-10-24(11-9-23)18(26)12-14-4-6-25(7-5-14)19(27)22-17-3-2-15(20)13-16(17)21/h2-3,13-14H,4-12H2,1H3,(H,22,27). The molecule has 2 aliphatic heterocycles. The number of nitrogens with zero attached hydrogens (tertiary/aromatic N) is 3. The Balaban J connectivity index is 1.44. The molecule has 0 aliphatic carbocycles. The fraction of sp³-hybridized carbons (Fsp3) is 0.579. The SMILES string of the molecule is CN1CCN(C(=O)CC2CCN(C(=O)Nc3ccc(F)cc3F)CC2)CC1. The lowest BCUT2D eigenvalue weighted by Gasteiger charge is -2.35. The fourth-order valence-corrected chi connectivity index (χ4v) is 3.56. The minimum Gasteiger partial charge on any atom is -0.340 e. The van der Waals surface area contributed by atoms with Crippen LogP contribution in [0.1, 0.15) is 19.3 Å². The van der Waals surface area contributed by atoms with Gasteiger partial charge in [-0.3, -0.25) is 4.79 Å². The third kappa shape index (κ3) is 5.15. The van der Waals surface area contributed by atoms with E-state index in [1.165, 1.54) is 6.07 Å². The number of benzene rings is 1. The Hall–Kier alpha value is -2.22. The molecule has 0 atom stereocenters. The van der Waals surface area contributed by atoms with Crippen molar-refractivity contribution in [1.82, 2.24) is 14.7 Å². The average Bonchev–Trinajstić information content (AvgIpc) is 2.65. The quantitative estimate of drug-likeness (QED) is 0.876. The molecule has 0 spiro atoms. The minimum atomic E-state index is -0.795. The van der Waals surface area contributed by atoms with Crippen molar-refractivity contribution >= 4 is 17.6 Å². The monoisotopic (exact) mass is 380 g/mol. The predicted molar refractivity (Wildman–Crippen MR) is 98.4 cm³/mol. The van der Waals surface area contributed by atoms with E-state index in [-0.39, 0.29) is 17.5 Å². The van der Waals surface area contributed by atoms with Crippen molar-refractivity contribution in [3.63, 3.8) is 0 Å². The van der Waals surface area contributed by atoms with Gasteiger partial charge in [-0.1, -0.05) is 0 Å². The molecule has 1 aromatic carbocycles. The van der Waals surface area contributed by atoms with E-state index in [1.807, 2.05) is 4.90 Å². The highest BCUT2D eigenvalue weighted by Gasteiger charge is 2.27. The summed E-state index contributed by atoms with van der Waals surface area (Å²) in [5, 5.41) is 2.48. The summed E-state index contributed by atoms with van der Waals surface area (Å²) < 4.78 is 26.6. The van der Waals surface area contributed by atoms with Crippen LogP contribution in [0.25, 0.3) is 0 Å². The molecule has 6 nitrogen and oxygen atoms in total. The number of halogens is 2. The molecule has 27 heavy (non-hydrogen) atoms. The van der Waals surface area contributed by atoms with Gasteiger partial charge in [0.25, 0.3) is 0 Å². The molecule has 2 fully saturated rings. The summed E-state index contributed by atoms with van der Waals surface area (Å²) in [7, 11) is 2.06. The lowest BCUT2D eigenvalue weighted by molar-refractivity contribution is -0.134. The molecule has 2 aliphatic rings. The van der Waals surface area contributed by atoms with Gasteiger partial charge in [0.2, 0.25) is 5.91 Å². The van der Waals surface area contributed by atoms with Crippen molar-refractivity contribution in [2.24, 2.45) is 5.92 Å². The zero-order chi connectivity index (χ0) is 19.4. The lowest BCUT2D eigenvalue weighted by Crippen LogP contribution is -2.48. The average molecular weight is 380 g/mol. The predicted octanol–water partition coefficient (Wildman–Crippen LogP) is 2.37. The van der Waals surface area contributed by atoms with Gasteiger partial charge < -0.3 is 20.0 Å². The summed E-state index contributed by atoms with van der Waals surface area (Å²) in [6.45, 7) is 4.42. The number of piperidine rings is 1. The molecule has 8 heteroatoms. The number of amides is 3. The third-order valence-corrected chi connectivity index (χ3v) is 5.39. The maximum absolute atomic E-state index is 13.7. The van der Waals surface area contributed by atoms with Crippen LogP contribution in [0.2, 0.25) is 0 Å². The van der Waals surface area contributed by atoms with Crippen LogP contribution in [0.3, 0.4) is 0 Å². The van der Waals surface area contributed by atoms with Crippen molar-refractivity contribution in [2.75, 3.05) is 51.6 Å². The van der Waals surface area contributed by atoms with Crippen LogP contribution < -0.4 is 5.32 Å². The van der Waals surface area contributed by atoms with Crippen LogP contribution in [0.5, 0.6) is 0 Å². The van der Waals surface area contributed by atoms with E-state index in [2.05, 4.69) is 17.3 Å². The van der Waals surface area contributed by atoms with E-state index in [9.17, 15) is 18.4 Å². The first-order chi connectivity index (χ1) is 12.9. The smallest absolute Gasteiger partial charge is 0.321 e. The Kier molecular flexibility index (Phi) is 6.26. The van der Waals surface area contributed by atoms with Gasteiger partial charge in [0, 0.05) is 51.8 Å². The van der Waals surface area contributed by atoms with Crippen LogP contribution in [0.4, 0.5) is 19.3 Å². The van der Waals surface area contributed by atoms with Gasteiger partial charge >= 0.3 is 6.03 Å². The van der Waals surface area contributed by atoms with Crippen molar-refractivity contribution < 1.29 is 18.4 Å². The Bertz CT molecular complexity index is 684. The Labute approximate surface area is 158 Å². The van der Waals surface area contributed by atoms with Gasteiger partial charge in [-0.25, -0.2) is 13.6 Å². The maximum Gasteiger partial charge on any atom is 0.321 e. The summed E-state index contributed by atoms with van der Waals surface area (Å²) in [4.78, 5) is 30.5. The fourth-order valence-electron chi connectivity index (χ4n) is 3.56. The highest BCUT2D eigenvalue weighted by Crippen LogP contribution is 2.23. The van der Waals surface area contributed by atoms with Crippen LogP contribution in [-0.4, -0.2) is 73.0 Å². The van der Waals surface area contributed by atoms with Gasteiger partial charge in [-0.05, 0) is 37.9 Å². The summed E-state index contributed by atoms with van der Waals surface area (Å²) in [5.74, 6) is -1.02. The van der Waals surface area contributed by atoms with Crippen molar-refractivity contribution in [1.29, 1.82) is 0 Å². The second-order valence-electron chi connectivity index (χ2n) is 7.37. The number of likely N-dealkylation sites (tertiary alicyclic amines) is 1. The first kappa shape index (κ1) is 19.5. The first-order valence-electron chi connectivity index (χ1n) is 9.39. The Morgan fingerprint density at radius 2 is 1.70 bits per heavy atom. The van der Waals surface area contributed by atoms with E-state index in [4.69, 9.17) is 0 Å². The van der Waals surface area contributed by atoms with Gasteiger partial charge in [0.05, 0.1) is 5.69 Å². The van der Waals surface area contributed by atoms with E-state index in [0.717, 1.165) is 51.2 Å². The zero-order valence-corrected chi connectivity index (χ0v) is 15.6. The Morgan fingerprint density at radius 3 is 2.33 bits per heavy atom. The normalized spacial score (nSPS) is 19.2. The number of rotatable bonds is 3.